The van der Waals surface area contributed by atoms with Crippen LogP contribution in [-0.2, 0) is 12.8 Å². The average molecular weight is 454 g/mol. The Morgan fingerprint density at radius 1 is 1.00 bits per heavy atom. The maximum atomic E-state index is 13.0. The Kier molecular flexibility index (Phi) is 6.38. The molecule has 0 fully saturated rings. The predicted molar refractivity (Wildman–Crippen MR) is 130 cm³/mol. The highest BCUT2D eigenvalue weighted by Gasteiger charge is 2.32. The van der Waals surface area contributed by atoms with Gasteiger partial charge in [-0.1, -0.05) is 65.7 Å². The van der Waals surface area contributed by atoms with Crippen LogP contribution in [0.2, 0.25) is 10.0 Å². The molecule has 1 N–H and O–H groups in total. The van der Waals surface area contributed by atoms with E-state index in [1.165, 1.54) is 11.1 Å². The number of carbonyl (C=O) groups is 1. The minimum atomic E-state index is -0.00358. The lowest BCUT2D eigenvalue weighted by molar-refractivity contribution is -0.810. The normalized spacial score (nSPS) is 15.9. The van der Waals surface area contributed by atoms with Crippen LogP contribution < -0.4 is 5.32 Å². The van der Waals surface area contributed by atoms with Crippen LogP contribution in [0.4, 0.5) is 10.5 Å². The fourth-order valence-electron chi connectivity index (χ4n) is 4.39. The van der Waals surface area contributed by atoms with Crippen molar-refractivity contribution in [2.75, 3.05) is 26.0 Å². The van der Waals surface area contributed by atoms with Gasteiger partial charge in [-0.05, 0) is 60.2 Å². The number of fused-ring (bicyclic) bond motifs is 1. The number of nitrogens with one attached hydrogen (secondary N) is 1. The van der Waals surface area contributed by atoms with Crippen LogP contribution in [0.1, 0.15) is 17.5 Å². The van der Waals surface area contributed by atoms with Crippen LogP contribution >= 0.6 is 23.2 Å². The maximum Gasteiger partial charge on any atom is 0.420 e. The number of anilines is 1. The first-order valence-electron chi connectivity index (χ1n) is 10.6. The third-order valence-electron chi connectivity index (χ3n) is 6.09. The fraction of sp³-hybridized carbons (Fsp3) is 0.269. The Morgan fingerprint density at radius 3 is 2.42 bits per heavy atom. The van der Waals surface area contributed by atoms with Crippen molar-refractivity contribution in [3.05, 3.63) is 87.9 Å². The van der Waals surface area contributed by atoms with Gasteiger partial charge in [-0.2, -0.15) is 0 Å². The molecule has 0 aromatic heterocycles. The quantitative estimate of drug-likeness (QED) is 0.420. The highest BCUT2D eigenvalue weighted by atomic mass is 35.5. The van der Waals surface area contributed by atoms with E-state index in [0.29, 0.717) is 20.4 Å². The van der Waals surface area contributed by atoms with Crippen LogP contribution in [0.5, 0.6) is 0 Å². The molecule has 3 aromatic rings. The fourth-order valence-corrected chi connectivity index (χ4v) is 4.91. The number of urea groups is 1. The summed E-state index contributed by atoms with van der Waals surface area (Å²) in [5.74, 6) is 0.505. The monoisotopic (exact) mass is 453 g/mol. The molecule has 0 saturated carbocycles. The number of aryl methyl sites for hydroxylation is 1. The predicted octanol–water partition coefficient (Wildman–Crippen LogP) is 7.07. The van der Waals surface area contributed by atoms with Gasteiger partial charge in [0.1, 0.15) is 0 Å². The van der Waals surface area contributed by atoms with Gasteiger partial charge in [-0.15, -0.1) is 0 Å². The van der Waals surface area contributed by atoms with Gasteiger partial charge < -0.3 is 0 Å². The van der Waals surface area contributed by atoms with E-state index in [2.05, 4.69) is 29.6 Å². The molecule has 0 spiro atoms. The highest BCUT2D eigenvalue weighted by Crippen LogP contribution is 2.31. The second-order valence-electron chi connectivity index (χ2n) is 8.88. The largest absolute Gasteiger partial charge is 0.420 e. The van der Waals surface area contributed by atoms with Gasteiger partial charge in [0.2, 0.25) is 0 Å². The van der Waals surface area contributed by atoms with Crippen LogP contribution in [0.25, 0.3) is 11.1 Å². The summed E-state index contributed by atoms with van der Waals surface area (Å²) in [5, 5.41) is 4.29. The first-order valence-corrected chi connectivity index (χ1v) is 11.3. The molecule has 1 unspecified atom stereocenters. The van der Waals surface area contributed by atoms with Crippen molar-refractivity contribution in [1.29, 1.82) is 0 Å². The Labute approximate surface area is 194 Å². The first-order chi connectivity index (χ1) is 14.8. The minimum Gasteiger partial charge on any atom is -0.275 e. The van der Waals surface area contributed by atoms with E-state index < -0.39 is 0 Å². The van der Waals surface area contributed by atoms with E-state index in [4.69, 9.17) is 23.2 Å². The smallest absolute Gasteiger partial charge is 0.275 e. The Morgan fingerprint density at radius 2 is 1.71 bits per heavy atom. The van der Waals surface area contributed by atoms with Crippen molar-refractivity contribution in [1.82, 2.24) is 0 Å². The summed E-state index contributed by atoms with van der Waals surface area (Å²) in [5.41, 5.74) is 5.55. The second kappa shape index (κ2) is 9.04. The third-order valence-corrected chi connectivity index (χ3v) is 6.64. The summed E-state index contributed by atoms with van der Waals surface area (Å²) in [6.45, 7) is 0.818. The number of rotatable bonds is 4. The average Bonchev–Trinajstić information content (AvgIpc) is 2.74. The summed E-state index contributed by atoms with van der Waals surface area (Å²) >= 11 is 12.3. The topological polar surface area (TPSA) is 29.1 Å². The zero-order valence-corrected chi connectivity index (χ0v) is 19.4. The minimum absolute atomic E-state index is 0.00358. The second-order valence-corrected chi connectivity index (χ2v) is 9.72. The standard InChI is InChI=1S/C26H26Cl2N2O/c1-30(2,17-18-7-8-19-5-3-4-6-21(19)15-18)26(31)29-23-12-9-20(10-13-23)24-14-11-22(27)16-25(24)28/h3-6,9-14,16,18H,7-8,15,17H2,1-2H3/p+1. The van der Waals surface area contributed by atoms with Gasteiger partial charge in [-0.25, -0.2) is 9.28 Å². The number of carbonyl (C=O) groups excluding carboxylic acids is 1. The number of amides is 2. The molecule has 2 amide bonds. The molecular formula is C26H27Cl2N2O+. The number of nitrogens with zero attached hydrogens (tertiary/aromatic N) is 1. The van der Waals surface area contributed by atoms with Gasteiger partial charge in [0.05, 0.1) is 20.6 Å². The summed E-state index contributed by atoms with van der Waals surface area (Å²) < 4.78 is 0.303. The van der Waals surface area contributed by atoms with E-state index in [1.807, 2.05) is 50.5 Å². The Hall–Kier alpha value is -2.33. The molecule has 0 saturated heterocycles. The van der Waals surface area contributed by atoms with Crippen molar-refractivity contribution < 1.29 is 9.28 Å². The molecular weight excluding hydrogens is 427 g/mol. The maximum absolute atomic E-state index is 13.0. The van der Waals surface area contributed by atoms with Crippen molar-refractivity contribution >= 4 is 34.9 Å². The molecule has 31 heavy (non-hydrogen) atoms. The number of quaternary nitrogens is 1. The van der Waals surface area contributed by atoms with Gasteiger partial charge in [0, 0.05) is 27.2 Å². The molecule has 5 heteroatoms. The van der Waals surface area contributed by atoms with E-state index in [9.17, 15) is 4.79 Å². The van der Waals surface area contributed by atoms with E-state index in [0.717, 1.165) is 42.6 Å². The highest BCUT2D eigenvalue weighted by molar-refractivity contribution is 6.36. The van der Waals surface area contributed by atoms with Gasteiger partial charge in [0.25, 0.3) is 0 Å². The summed E-state index contributed by atoms with van der Waals surface area (Å²) in [4.78, 5) is 13.0. The Bertz CT molecular complexity index is 1090. The number of halogens is 2. The van der Waals surface area contributed by atoms with Crippen LogP contribution in [0.3, 0.4) is 0 Å². The van der Waals surface area contributed by atoms with E-state index >= 15 is 0 Å². The van der Waals surface area contributed by atoms with Gasteiger partial charge >= 0.3 is 6.03 Å². The van der Waals surface area contributed by atoms with Crippen molar-refractivity contribution in [2.45, 2.75) is 19.3 Å². The molecule has 4 rings (SSSR count). The summed E-state index contributed by atoms with van der Waals surface area (Å²) in [6.07, 6.45) is 3.27. The van der Waals surface area contributed by atoms with Crippen LogP contribution in [0.15, 0.2) is 66.7 Å². The molecule has 3 aromatic carbocycles. The molecule has 1 aliphatic carbocycles. The first kappa shape index (κ1) is 21.9. The molecule has 0 radical (unpaired) electrons. The SMILES string of the molecule is C[N+](C)(CC1CCc2ccccc2C1)C(=O)Nc1ccc(-c2ccc(Cl)cc2Cl)cc1. The molecule has 0 heterocycles. The van der Waals surface area contributed by atoms with Crippen LogP contribution in [-0.4, -0.2) is 31.2 Å². The van der Waals surface area contributed by atoms with Gasteiger partial charge in [0.15, 0.2) is 0 Å². The lowest BCUT2D eigenvalue weighted by Crippen LogP contribution is -2.51. The molecule has 3 nitrogen and oxygen atoms in total. The van der Waals surface area contributed by atoms with Crippen molar-refractivity contribution in [3.63, 3.8) is 0 Å². The third kappa shape index (κ3) is 5.12. The van der Waals surface area contributed by atoms with Gasteiger partial charge in [-0.3, -0.25) is 5.32 Å². The molecule has 0 bridgehead atoms. The summed E-state index contributed by atoms with van der Waals surface area (Å²) in [7, 11) is 3.97. The zero-order chi connectivity index (χ0) is 22.0. The zero-order valence-electron chi connectivity index (χ0n) is 17.9. The number of hydrogen-bond donors (Lipinski definition) is 1. The van der Waals surface area contributed by atoms with E-state index in [1.54, 1.807) is 6.07 Å². The van der Waals surface area contributed by atoms with Crippen molar-refractivity contribution in [3.8, 4) is 11.1 Å². The number of benzene rings is 3. The molecule has 1 atom stereocenters. The molecule has 0 aliphatic heterocycles. The lowest BCUT2D eigenvalue weighted by Gasteiger charge is -2.33. The number of hydrogen-bond acceptors (Lipinski definition) is 1. The van der Waals surface area contributed by atoms with Crippen molar-refractivity contribution in [2.24, 2.45) is 5.92 Å². The Balaban J connectivity index is 1.40. The molecule has 1 aliphatic rings. The molecule has 160 valence electrons. The lowest BCUT2D eigenvalue weighted by atomic mass is 9.83. The van der Waals surface area contributed by atoms with Crippen LogP contribution in [0, 0.1) is 5.92 Å². The van der Waals surface area contributed by atoms with E-state index in [-0.39, 0.29) is 6.03 Å². The summed E-state index contributed by atoms with van der Waals surface area (Å²) in [6, 6.07) is 21.9.